The van der Waals surface area contributed by atoms with Gasteiger partial charge in [-0.05, 0) is 19.9 Å². The van der Waals surface area contributed by atoms with Crippen molar-refractivity contribution in [1.82, 2.24) is 9.89 Å². The normalized spacial score (nSPS) is 11.5. The quantitative estimate of drug-likeness (QED) is 0.702. The van der Waals surface area contributed by atoms with Crippen LogP contribution in [0, 0.1) is 0 Å². The Hall–Kier alpha value is -1.04. The summed E-state index contributed by atoms with van der Waals surface area (Å²) in [5, 5.41) is 3.87. The maximum atomic E-state index is 11.5. The highest BCUT2D eigenvalue weighted by Crippen LogP contribution is 1.99. The molecule has 0 saturated heterocycles. The zero-order chi connectivity index (χ0) is 9.90. The van der Waals surface area contributed by atoms with Crippen molar-refractivity contribution in [2.45, 2.75) is 13.8 Å². The van der Waals surface area contributed by atoms with Crippen molar-refractivity contribution in [3.05, 3.63) is 18.5 Å². The van der Waals surface area contributed by atoms with Crippen molar-refractivity contribution in [3.63, 3.8) is 0 Å². The number of hydrogen-bond donors (Lipinski definition) is 0. The van der Waals surface area contributed by atoms with Gasteiger partial charge in [0.15, 0.2) is 0 Å². The van der Waals surface area contributed by atoms with E-state index >= 15 is 0 Å². The Morgan fingerprint density at radius 3 is 2.54 bits per heavy atom. The first-order valence-electron chi connectivity index (χ1n) is 4.12. The largest absolute Gasteiger partial charge is 0.249 e. The lowest BCUT2D eigenvalue weighted by Crippen LogP contribution is -2.41. The Morgan fingerprint density at radius 1 is 1.46 bits per heavy atom. The predicted molar refractivity (Wildman–Crippen MR) is 50.4 cm³/mol. The van der Waals surface area contributed by atoms with Crippen LogP contribution in [0.5, 0.6) is 0 Å². The summed E-state index contributed by atoms with van der Waals surface area (Å²) in [4.78, 5) is 1.33. The second-order valence-corrected chi connectivity index (χ2v) is 4.63. The van der Waals surface area contributed by atoms with Gasteiger partial charge in [0.2, 0.25) is 10.0 Å². The van der Waals surface area contributed by atoms with Crippen LogP contribution < -0.4 is 4.41 Å². The van der Waals surface area contributed by atoms with Crippen molar-refractivity contribution in [1.29, 1.82) is 0 Å². The van der Waals surface area contributed by atoms with E-state index < -0.39 is 10.0 Å². The summed E-state index contributed by atoms with van der Waals surface area (Å²) in [6.45, 7) is 3.77. The average Bonchev–Trinajstić information content (AvgIpc) is 2.58. The molecule has 0 radical (unpaired) electrons. The monoisotopic (exact) mass is 203 g/mol. The van der Waals surface area contributed by atoms with E-state index in [1.807, 2.05) is 0 Å². The first kappa shape index (κ1) is 10.0. The first-order valence-corrected chi connectivity index (χ1v) is 5.73. The standard InChI is InChI=1S/C7H13N3O2S/c1-3-10(13(11,12)4-2)9-7-5-6-8-9/h5-7H,3-4H2,1-2H3. The Kier molecular flexibility index (Phi) is 2.92. The molecule has 5 nitrogen and oxygen atoms in total. The summed E-state index contributed by atoms with van der Waals surface area (Å²) in [6.07, 6.45) is 3.16. The number of nitrogens with zero attached hydrogens (tertiary/aromatic N) is 3. The number of aromatic nitrogens is 2. The lowest BCUT2D eigenvalue weighted by molar-refractivity contribution is 0.558. The summed E-state index contributed by atoms with van der Waals surface area (Å²) < 4.78 is 24.2. The van der Waals surface area contributed by atoms with E-state index in [-0.39, 0.29) is 5.75 Å². The molecule has 0 amide bonds. The van der Waals surface area contributed by atoms with Crippen molar-refractivity contribution in [3.8, 4) is 0 Å². The van der Waals surface area contributed by atoms with Crippen LogP contribution in [0.15, 0.2) is 18.5 Å². The molecule has 0 spiro atoms. The van der Waals surface area contributed by atoms with Crippen LogP contribution >= 0.6 is 0 Å². The van der Waals surface area contributed by atoms with Crippen LogP contribution in [0.2, 0.25) is 0 Å². The Labute approximate surface area is 78.0 Å². The number of hydrogen-bond acceptors (Lipinski definition) is 3. The summed E-state index contributed by atoms with van der Waals surface area (Å²) in [5.41, 5.74) is 0. The van der Waals surface area contributed by atoms with Gasteiger partial charge in [0.25, 0.3) is 0 Å². The summed E-state index contributed by atoms with van der Waals surface area (Å²) in [5.74, 6) is 0.0840. The maximum Gasteiger partial charge on any atom is 0.249 e. The minimum absolute atomic E-state index is 0.0840. The molecule has 1 heterocycles. The molecule has 6 heteroatoms. The second kappa shape index (κ2) is 3.78. The molecule has 0 fully saturated rings. The molecule has 0 aliphatic carbocycles. The van der Waals surface area contributed by atoms with E-state index in [9.17, 15) is 8.42 Å². The lowest BCUT2D eigenvalue weighted by Gasteiger charge is -2.20. The average molecular weight is 203 g/mol. The fourth-order valence-corrected chi connectivity index (χ4v) is 2.05. The molecule has 0 aliphatic rings. The third-order valence-electron chi connectivity index (χ3n) is 1.68. The SMILES string of the molecule is CCN(n1cccn1)S(=O)(=O)CC. The van der Waals surface area contributed by atoms with Gasteiger partial charge in [-0.3, -0.25) is 0 Å². The van der Waals surface area contributed by atoms with Gasteiger partial charge in [0, 0.05) is 6.20 Å². The molecule has 1 aromatic heterocycles. The van der Waals surface area contributed by atoms with E-state index in [0.29, 0.717) is 6.54 Å². The van der Waals surface area contributed by atoms with E-state index in [2.05, 4.69) is 5.10 Å². The Balaban J connectivity index is 3.00. The molecule has 1 aromatic rings. The molecule has 0 bridgehead atoms. The van der Waals surface area contributed by atoms with Gasteiger partial charge in [-0.15, -0.1) is 0 Å². The van der Waals surface area contributed by atoms with Crippen LogP contribution in [0.25, 0.3) is 0 Å². The highest BCUT2D eigenvalue weighted by molar-refractivity contribution is 7.92. The Morgan fingerprint density at radius 2 is 2.15 bits per heavy atom. The van der Waals surface area contributed by atoms with E-state index in [0.717, 1.165) is 0 Å². The zero-order valence-corrected chi connectivity index (χ0v) is 8.53. The predicted octanol–water partition coefficient (Wildman–Crippen LogP) is 0.191. The molecule has 0 aromatic carbocycles. The summed E-state index contributed by atoms with van der Waals surface area (Å²) in [6, 6.07) is 1.69. The molecule has 0 atom stereocenters. The highest BCUT2D eigenvalue weighted by atomic mass is 32.2. The van der Waals surface area contributed by atoms with E-state index in [1.165, 1.54) is 9.21 Å². The fraction of sp³-hybridized carbons (Fsp3) is 0.571. The van der Waals surface area contributed by atoms with Gasteiger partial charge in [-0.1, -0.05) is 0 Å². The fourth-order valence-electron chi connectivity index (χ4n) is 1.01. The van der Waals surface area contributed by atoms with E-state index in [4.69, 9.17) is 0 Å². The molecule has 1 rings (SSSR count). The van der Waals surface area contributed by atoms with Crippen molar-refractivity contribution < 1.29 is 8.42 Å². The molecule has 0 N–H and O–H groups in total. The van der Waals surface area contributed by atoms with Crippen LogP contribution in [-0.4, -0.2) is 30.6 Å². The van der Waals surface area contributed by atoms with Crippen molar-refractivity contribution in [2.75, 3.05) is 16.7 Å². The van der Waals surface area contributed by atoms with Gasteiger partial charge in [0.1, 0.15) is 0 Å². The van der Waals surface area contributed by atoms with Gasteiger partial charge >= 0.3 is 0 Å². The number of sulfonamides is 1. The van der Waals surface area contributed by atoms with Crippen molar-refractivity contribution >= 4 is 10.0 Å². The minimum Gasteiger partial charge on any atom is -0.205 e. The third kappa shape index (κ3) is 2.00. The van der Waals surface area contributed by atoms with Gasteiger partial charge in [0.05, 0.1) is 18.5 Å². The van der Waals surface area contributed by atoms with Gasteiger partial charge in [-0.2, -0.15) is 14.3 Å². The molecule has 0 saturated carbocycles. The number of rotatable bonds is 4. The van der Waals surface area contributed by atoms with Crippen molar-refractivity contribution in [2.24, 2.45) is 0 Å². The second-order valence-electron chi connectivity index (χ2n) is 2.47. The topological polar surface area (TPSA) is 55.2 Å². The molecule has 74 valence electrons. The molecule has 0 unspecified atom stereocenters. The lowest BCUT2D eigenvalue weighted by atomic mass is 10.8. The van der Waals surface area contributed by atoms with Crippen LogP contribution in [-0.2, 0) is 10.0 Å². The van der Waals surface area contributed by atoms with E-state index in [1.54, 1.807) is 32.3 Å². The van der Waals surface area contributed by atoms with Gasteiger partial charge in [-0.25, -0.2) is 8.42 Å². The molecular weight excluding hydrogens is 190 g/mol. The van der Waals surface area contributed by atoms with Crippen LogP contribution in [0.1, 0.15) is 13.8 Å². The summed E-state index contributed by atoms with van der Waals surface area (Å²) >= 11 is 0. The zero-order valence-electron chi connectivity index (χ0n) is 7.71. The Bertz CT molecular complexity index is 344. The smallest absolute Gasteiger partial charge is 0.205 e. The maximum absolute atomic E-state index is 11.5. The third-order valence-corrected chi connectivity index (χ3v) is 3.47. The first-order chi connectivity index (χ1) is 6.11. The molecular formula is C7H13N3O2S. The van der Waals surface area contributed by atoms with Crippen LogP contribution in [0.4, 0.5) is 0 Å². The molecule has 0 aliphatic heterocycles. The van der Waals surface area contributed by atoms with Gasteiger partial charge < -0.3 is 0 Å². The molecule has 13 heavy (non-hydrogen) atoms. The summed E-state index contributed by atoms with van der Waals surface area (Å²) in [7, 11) is -3.20. The minimum atomic E-state index is -3.20. The highest BCUT2D eigenvalue weighted by Gasteiger charge is 2.17. The van der Waals surface area contributed by atoms with Crippen LogP contribution in [0.3, 0.4) is 0 Å².